The number of hydrogen-bond donors (Lipinski definition) is 2. The van der Waals surface area contributed by atoms with E-state index in [1.165, 1.54) is 6.42 Å². The van der Waals surface area contributed by atoms with Crippen LogP contribution in [0.2, 0.25) is 0 Å². The molecule has 1 aromatic carbocycles. The topological polar surface area (TPSA) is 41.1 Å². The zero-order valence-electron chi connectivity index (χ0n) is 11.3. The average Bonchev–Trinajstić information content (AvgIpc) is 2.40. The lowest BCUT2D eigenvalue weighted by Crippen LogP contribution is -2.35. The van der Waals surface area contributed by atoms with E-state index in [1.54, 1.807) is 0 Å². The van der Waals surface area contributed by atoms with Gasteiger partial charge in [-0.05, 0) is 56.5 Å². The van der Waals surface area contributed by atoms with Crippen molar-refractivity contribution in [2.75, 3.05) is 13.1 Å². The lowest BCUT2D eigenvalue weighted by Gasteiger charge is -2.23. The largest absolute Gasteiger partial charge is 0.350 e. The van der Waals surface area contributed by atoms with Gasteiger partial charge in [-0.3, -0.25) is 4.79 Å². The summed E-state index contributed by atoms with van der Waals surface area (Å²) in [5.74, 6) is 0.648. The van der Waals surface area contributed by atoms with E-state index in [0.717, 1.165) is 29.5 Å². The van der Waals surface area contributed by atoms with E-state index >= 15 is 0 Å². The summed E-state index contributed by atoms with van der Waals surface area (Å²) in [5.41, 5.74) is 1.14. The number of piperidine rings is 1. The Bertz CT molecular complexity index is 413. The van der Waals surface area contributed by atoms with Crippen molar-refractivity contribution in [2.24, 2.45) is 5.92 Å². The highest BCUT2D eigenvalue weighted by Gasteiger charge is 2.18. The third kappa shape index (κ3) is 4.62. The number of hydrogen-bond acceptors (Lipinski definition) is 2. The van der Waals surface area contributed by atoms with Crippen molar-refractivity contribution >= 4 is 21.8 Å². The van der Waals surface area contributed by atoms with Crippen LogP contribution in [0.15, 0.2) is 28.7 Å². The Morgan fingerprint density at radius 2 is 2.21 bits per heavy atom. The van der Waals surface area contributed by atoms with Crippen LogP contribution < -0.4 is 10.6 Å². The Labute approximate surface area is 123 Å². The number of carbonyl (C=O) groups excluding carboxylic acids is 1. The maximum atomic E-state index is 12.0. The highest BCUT2D eigenvalue weighted by molar-refractivity contribution is 9.10. The van der Waals surface area contributed by atoms with Crippen LogP contribution in [0.5, 0.6) is 0 Å². The van der Waals surface area contributed by atoms with Crippen molar-refractivity contribution < 1.29 is 4.79 Å². The fourth-order valence-corrected chi connectivity index (χ4v) is 2.76. The summed E-state index contributed by atoms with van der Waals surface area (Å²) in [6, 6.07) is 8.15. The number of amides is 1. The maximum absolute atomic E-state index is 12.0. The zero-order valence-corrected chi connectivity index (χ0v) is 12.9. The van der Waals surface area contributed by atoms with Crippen LogP contribution in [0.4, 0.5) is 0 Å². The quantitative estimate of drug-likeness (QED) is 0.893. The molecule has 1 heterocycles. The van der Waals surface area contributed by atoms with Gasteiger partial charge in [0.25, 0.3) is 0 Å². The molecule has 2 N–H and O–H groups in total. The first-order chi connectivity index (χ1) is 9.15. The molecule has 0 saturated carbocycles. The summed E-state index contributed by atoms with van der Waals surface area (Å²) in [7, 11) is 0. The standard InChI is InChI=1S/C15H21BrN2O/c1-11(13-4-6-14(16)7-5-13)18-15(19)9-12-3-2-8-17-10-12/h4-7,11-12,17H,2-3,8-10H2,1H3,(H,18,19)/t11-,12?/m1/s1. The minimum absolute atomic E-state index is 0.0668. The molecule has 2 atom stereocenters. The fraction of sp³-hybridized carbons (Fsp3) is 0.533. The summed E-state index contributed by atoms with van der Waals surface area (Å²) in [6.45, 7) is 4.09. The van der Waals surface area contributed by atoms with Crippen molar-refractivity contribution in [3.63, 3.8) is 0 Å². The first-order valence-electron chi connectivity index (χ1n) is 6.90. The van der Waals surface area contributed by atoms with E-state index in [2.05, 4.69) is 26.6 Å². The molecule has 1 saturated heterocycles. The van der Waals surface area contributed by atoms with Crippen molar-refractivity contribution in [2.45, 2.75) is 32.2 Å². The van der Waals surface area contributed by atoms with Gasteiger partial charge in [-0.1, -0.05) is 28.1 Å². The van der Waals surface area contributed by atoms with E-state index in [-0.39, 0.29) is 11.9 Å². The minimum Gasteiger partial charge on any atom is -0.350 e. The van der Waals surface area contributed by atoms with Crippen LogP contribution in [-0.4, -0.2) is 19.0 Å². The lowest BCUT2D eigenvalue weighted by atomic mass is 9.95. The Balaban J connectivity index is 1.82. The zero-order chi connectivity index (χ0) is 13.7. The van der Waals surface area contributed by atoms with Gasteiger partial charge in [0.15, 0.2) is 0 Å². The summed E-state index contributed by atoms with van der Waals surface area (Å²) >= 11 is 3.42. The first kappa shape index (κ1) is 14.5. The first-order valence-corrected chi connectivity index (χ1v) is 7.70. The summed E-state index contributed by atoms with van der Waals surface area (Å²) in [4.78, 5) is 12.0. The van der Waals surface area contributed by atoms with E-state index in [1.807, 2.05) is 31.2 Å². The van der Waals surface area contributed by atoms with Crippen molar-refractivity contribution in [1.29, 1.82) is 0 Å². The van der Waals surface area contributed by atoms with Gasteiger partial charge in [0.05, 0.1) is 6.04 Å². The predicted molar refractivity (Wildman–Crippen MR) is 80.9 cm³/mol. The molecule has 1 fully saturated rings. The van der Waals surface area contributed by atoms with E-state index in [9.17, 15) is 4.79 Å². The molecular formula is C15H21BrN2O. The average molecular weight is 325 g/mol. The van der Waals surface area contributed by atoms with Gasteiger partial charge in [-0.15, -0.1) is 0 Å². The molecular weight excluding hydrogens is 304 g/mol. The van der Waals surface area contributed by atoms with Crippen LogP contribution in [0, 0.1) is 5.92 Å². The third-order valence-corrected chi connectivity index (χ3v) is 4.15. The second-order valence-electron chi connectivity index (χ2n) is 5.26. The Kier molecular flexibility index (Phi) is 5.40. The van der Waals surface area contributed by atoms with Gasteiger partial charge in [0.2, 0.25) is 5.91 Å². The van der Waals surface area contributed by atoms with Crippen LogP contribution in [0.25, 0.3) is 0 Å². The molecule has 1 aliphatic rings. The molecule has 1 aromatic rings. The van der Waals surface area contributed by atoms with Gasteiger partial charge >= 0.3 is 0 Å². The third-order valence-electron chi connectivity index (χ3n) is 3.62. The molecule has 1 aliphatic heterocycles. The molecule has 1 unspecified atom stereocenters. The Morgan fingerprint density at radius 1 is 1.47 bits per heavy atom. The van der Waals surface area contributed by atoms with Gasteiger partial charge in [0.1, 0.15) is 0 Å². The molecule has 0 spiro atoms. The second-order valence-corrected chi connectivity index (χ2v) is 6.17. The summed E-state index contributed by atoms with van der Waals surface area (Å²) in [5, 5.41) is 6.43. The van der Waals surface area contributed by atoms with Crippen LogP contribution >= 0.6 is 15.9 Å². The van der Waals surface area contributed by atoms with E-state index < -0.39 is 0 Å². The second kappa shape index (κ2) is 7.06. The monoisotopic (exact) mass is 324 g/mol. The SMILES string of the molecule is C[C@@H](NC(=O)CC1CCCNC1)c1ccc(Br)cc1. The summed E-state index contributed by atoms with van der Waals surface area (Å²) in [6.07, 6.45) is 2.97. The van der Waals surface area contributed by atoms with Crippen molar-refractivity contribution in [3.8, 4) is 0 Å². The predicted octanol–water partition coefficient (Wildman–Crippen LogP) is 3.02. The van der Waals surface area contributed by atoms with Crippen LogP contribution in [0.1, 0.15) is 37.8 Å². The Hall–Kier alpha value is -0.870. The number of carbonyl (C=O) groups is 1. The Morgan fingerprint density at radius 3 is 2.84 bits per heavy atom. The van der Waals surface area contributed by atoms with Crippen LogP contribution in [-0.2, 0) is 4.79 Å². The van der Waals surface area contributed by atoms with Gasteiger partial charge in [-0.2, -0.15) is 0 Å². The number of halogens is 1. The van der Waals surface area contributed by atoms with Crippen molar-refractivity contribution in [1.82, 2.24) is 10.6 Å². The maximum Gasteiger partial charge on any atom is 0.220 e. The van der Waals surface area contributed by atoms with E-state index in [0.29, 0.717) is 12.3 Å². The van der Waals surface area contributed by atoms with Gasteiger partial charge in [0, 0.05) is 10.9 Å². The molecule has 2 rings (SSSR count). The fourth-order valence-electron chi connectivity index (χ4n) is 2.50. The molecule has 0 aliphatic carbocycles. The molecule has 0 bridgehead atoms. The van der Waals surface area contributed by atoms with E-state index in [4.69, 9.17) is 0 Å². The number of nitrogens with one attached hydrogen (secondary N) is 2. The summed E-state index contributed by atoms with van der Waals surface area (Å²) < 4.78 is 1.06. The highest BCUT2D eigenvalue weighted by atomic mass is 79.9. The number of rotatable bonds is 4. The molecule has 0 radical (unpaired) electrons. The molecule has 4 heteroatoms. The smallest absolute Gasteiger partial charge is 0.220 e. The number of benzene rings is 1. The van der Waals surface area contributed by atoms with Gasteiger partial charge < -0.3 is 10.6 Å². The van der Waals surface area contributed by atoms with Crippen LogP contribution in [0.3, 0.4) is 0 Å². The lowest BCUT2D eigenvalue weighted by molar-refractivity contribution is -0.122. The van der Waals surface area contributed by atoms with Gasteiger partial charge in [-0.25, -0.2) is 0 Å². The van der Waals surface area contributed by atoms with Crippen molar-refractivity contribution in [3.05, 3.63) is 34.3 Å². The minimum atomic E-state index is 0.0668. The molecule has 19 heavy (non-hydrogen) atoms. The normalized spacial score (nSPS) is 20.8. The molecule has 3 nitrogen and oxygen atoms in total. The molecule has 0 aromatic heterocycles. The molecule has 104 valence electrons. The molecule has 1 amide bonds. The highest BCUT2D eigenvalue weighted by Crippen LogP contribution is 2.18.